The van der Waals surface area contributed by atoms with Gasteiger partial charge < -0.3 is 40.9 Å². The third kappa shape index (κ3) is 397. The lowest BCUT2D eigenvalue weighted by Gasteiger charge is -1.98. The van der Waals surface area contributed by atoms with Gasteiger partial charge in [-0.3, -0.25) is 0 Å². The molecule has 164 valence electrons. The summed E-state index contributed by atoms with van der Waals surface area (Å²) in [5.41, 5.74) is 0. The summed E-state index contributed by atoms with van der Waals surface area (Å²) in [6.45, 7) is 4.55. The minimum absolute atomic E-state index is 1.37. The van der Waals surface area contributed by atoms with Crippen LogP contribution in [0.4, 0.5) is 19.2 Å². The molecule has 0 aromatic heterocycles. The maximum Gasteiger partial charge on any atom is 0.503 e. The van der Waals surface area contributed by atoms with Crippen molar-refractivity contribution in [1.82, 2.24) is 0 Å². The first-order chi connectivity index (χ1) is 12.3. The standard InChI is InChI=1S/C11H24.4CH2O3/c1-3-5-7-9-11-10-8-6-4-2;4*2-1(3)4/h3-11H2,1-2H3;4*(H2,2,3,4). The van der Waals surface area contributed by atoms with E-state index in [0.29, 0.717) is 0 Å². The van der Waals surface area contributed by atoms with Crippen LogP contribution < -0.4 is 0 Å². The van der Waals surface area contributed by atoms with Crippen LogP contribution in [0.25, 0.3) is 0 Å². The quantitative estimate of drug-likeness (QED) is 0.237. The Morgan fingerprint density at radius 3 is 0.630 bits per heavy atom. The van der Waals surface area contributed by atoms with Gasteiger partial charge >= 0.3 is 24.6 Å². The molecule has 0 fully saturated rings. The summed E-state index contributed by atoms with van der Waals surface area (Å²) in [7, 11) is 0. The van der Waals surface area contributed by atoms with Crippen LogP contribution in [0.1, 0.15) is 71.6 Å². The first kappa shape index (κ1) is 35.2. The molecule has 8 N–H and O–H groups in total. The maximum atomic E-state index is 8.56. The molecule has 0 rings (SSSR count). The van der Waals surface area contributed by atoms with Gasteiger partial charge in [0, 0.05) is 0 Å². The van der Waals surface area contributed by atoms with Crippen LogP contribution in [0.3, 0.4) is 0 Å². The minimum Gasteiger partial charge on any atom is -0.450 e. The van der Waals surface area contributed by atoms with Gasteiger partial charge in [0.05, 0.1) is 0 Å². The molecule has 0 atom stereocenters. The second-order valence-corrected chi connectivity index (χ2v) is 4.61. The Labute approximate surface area is 157 Å². The van der Waals surface area contributed by atoms with Crippen molar-refractivity contribution in [3.8, 4) is 0 Å². The molecule has 0 saturated carbocycles. The fourth-order valence-electron chi connectivity index (χ4n) is 1.38. The van der Waals surface area contributed by atoms with E-state index in [1.807, 2.05) is 0 Å². The van der Waals surface area contributed by atoms with Crippen LogP contribution in [-0.4, -0.2) is 65.5 Å². The summed E-state index contributed by atoms with van der Waals surface area (Å²) < 4.78 is 0. The van der Waals surface area contributed by atoms with Gasteiger partial charge in [-0.1, -0.05) is 71.6 Å². The van der Waals surface area contributed by atoms with E-state index in [-0.39, 0.29) is 0 Å². The van der Waals surface area contributed by atoms with Crippen molar-refractivity contribution in [3.05, 3.63) is 0 Å². The fourth-order valence-corrected chi connectivity index (χ4v) is 1.38. The topological polar surface area (TPSA) is 230 Å². The highest BCUT2D eigenvalue weighted by Crippen LogP contribution is 2.08. The Hall–Kier alpha value is -2.92. The summed E-state index contributed by atoms with van der Waals surface area (Å²) in [6.07, 6.45) is 5.62. The van der Waals surface area contributed by atoms with Crippen LogP contribution in [-0.2, 0) is 0 Å². The Balaban J connectivity index is -0.0000000841. The van der Waals surface area contributed by atoms with Crippen molar-refractivity contribution in [1.29, 1.82) is 0 Å². The van der Waals surface area contributed by atoms with Crippen molar-refractivity contribution in [2.75, 3.05) is 0 Å². The number of hydrogen-bond acceptors (Lipinski definition) is 4. The van der Waals surface area contributed by atoms with Crippen molar-refractivity contribution in [2.45, 2.75) is 71.6 Å². The highest BCUT2D eigenvalue weighted by Gasteiger charge is 1.89. The SMILES string of the molecule is CCCCCCCCCCC.O=C(O)O.O=C(O)O.O=C(O)O.O=C(O)O. The van der Waals surface area contributed by atoms with Crippen LogP contribution in [0.5, 0.6) is 0 Å². The van der Waals surface area contributed by atoms with Crippen molar-refractivity contribution >= 4 is 24.6 Å². The first-order valence-electron chi connectivity index (χ1n) is 8.02. The van der Waals surface area contributed by atoms with Gasteiger partial charge in [0.2, 0.25) is 0 Å². The molecule has 0 spiro atoms. The molecule has 0 aromatic rings. The Kier molecular flexibility index (Phi) is 44.9. The van der Waals surface area contributed by atoms with Crippen molar-refractivity contribution in [2.24, 2.45) is 0 Å². The molecule has 27 heavy (non-hydrogen) atoms. The van der Waals surface area contributed by atoms with E-state index in [9.17, 15) is 0 Å². The summed E-state index contributed by atoms with van der Waals surface area (Å²) >= 11 is 0. The molecule has 0 heterocycles. The molecule has 0 aliphatic heterocycles. The van der Waals surface area contributed by atoms with E-state index >= 15 is 0 Å². The van der Waals surface area contributed by atoms with E-state index < -0.39 is 24.6 Å². The molecular weight excluding hydrogens is 372 g/mol. The van der Waals surface area contributed by atoms with E-state index in [4.69, 9.17) is 60.0 Å². The zero-order valence-electron chi connectivity index (χ0n) is 15.6. The average molecular weight is 404 g/mol. The van der Waals surface area contributed by atoms with Crippen LogP contribution in [0.15, 0.2) is 0 Å². The summed E-state index contributed by atoms with van der Waals surface area (Å²) in [6, 6.07) is 0. The molecule has 0 amide bonds. The van der Waals surface area contributed by atoms with E-state index in [1.165, 1.54) is 57.8 Å². The van der Waals surface area contributed by atoms with Crippen LogP contribution in [0.2, 0.25) is 0 Å². The van der Waals surface area contributed by atoms with Gasteiger partial charge in [0.1, 0.15) is 0 Å². The number of carbonyl (C=O) groups is 4. The van der Waals surface area contributed by atoms with Gasteiger partial charge in [-0.15, -0.1) is 0 Å². The minimum atomic E-state index is -1.83. The number of hydrogen-bond donors (Lipinski definition) is 8. The molecule has 12 heteroatoms. The molecule has 0 bridgehead atoms. The normalized spacial score (nSPS) is 7.78. The number of unbranched alkanes of at least 4 members (excludes halogenated alkanes) is 8. The summed E-state index contributed by atoms with van der Waals surface area (Å²) in [5.74, 6) is 0. The highest BCUT2D eigenvalue weighted by molar-refractivity contribution is 5.54. The van der Waals surface area contributed by atoms with E-state index in [1.54, 1.807) is 0 Å². The second kappa shape index (κ2) is 34.4. The lowest BCUT2D eigenvalue weighted by atomic mass is 10.1. The van der Waals surface area contributed by atoms with Gasteiger partial charge in [-0.25, -0.2) is 19.2 Å². The van der Waals surface area contributed by atoms with Gasteiger partial charge in [0.25, 0.3) is 0 Å². The average Bonchev–Trinajstić information content (AvgIpc) is 2.44. The zero-order chi connectivity index (χ0) is 22.7. The lowest BCUT2D eigenvalue weighted by Crippen LogP contribution is -1.81. The molecule has 0 aliphatic rings. The van der Waals surface area contributed by atoms with Crippen LogP contribution >= 0.6 is 0 Å². The smallest absolute Gasteiger partial charge is 0.450 e. The molecule has 0 unspecified atom stereocenters. The maximum absolute atomic E-state index is 8.56. The molecule has 0 aromatic carbocycles. The first-order valence-corrected chi connectivity index (χ1v) is 8.02. The number of carboxylic acid groups (broad SMARTS) is 8. The molecule has 12 nitrogen and oxygen atoms in total. The highest BCUT2D eigenvalue weighted by atomic mass is 16.6. The van der Waals surface area contributed by atoms with E-state index in [0.717, 1.165) is 0 Å². The zero-order valence-corrected chi connectivity index (χ0v) is 15.6. The number of rotatable bonds is 8. The van der Waals surface area contributed by atoms with Crippen molar-refractivity contribution in [3.63, 3.8) is 0 Å². The van der Waals surface area contributed by atoms with Gasteiger partial charge in [-0.2, -0.15) is 0 Å². The van der Waals surface area contributed by atoms with Crippen molar-refractivity contribution < 1.29 is 60.0 Å². The summed E-state index contributed by atoms with van der Waals surface area (Å²) in [4.78, 5) is 34.2. The molecule has 0 aliphatic carbocycles. The Morgan fingerprint density at radius 2 is 0.519 bits per heavy atom. The van der Waals surface area contributed by atoms with E-state index in [2.05, 4.69) is 13.8 Å². The lowest BCUT2D eigenvalue weighted by molar-refractivity contribution is 0.135. The molecule has 0 radical (unpaired) electrons. The monoisotopic (exact) mass is 404 g/mol. The Bertz CT molecular complexity index is 272. The third-order valence-corrected chi connectivity index (χ3v) is 2.21. The Morgan fingerprint density at radius 1 is 0.407 bits per heavy atom. The molecule has 0 saturated heterocycles. The predicted octanol–water partition coefficient (Wildman–Crippen LogP) is 5.43. The van der Waals surface area contributed by atoms with Gasteiger partial charge in [-0.05, 0) is 0 Å². The third-order valence-electron chi connectivity index (χ3n) is 2.21. The summed E-state index contributed by atoms with van der Waals surface area (Å²) in [5, 5.41) is 55.8. The molecular formula is C15H32O12. The van der Waals surface area contributed by atoms with Gasteiger partial charge in [0.15, 0.2) is 0 Å². The fraction of sp³-hybridized carbons (Fsp3) is 0.733. The van der Waals surface area contributed by atoms with Crippen LogP contribution in [0, 0.1) is 0 Å². The largest absolute Gasteiger partial charge is 0.503 e. The predicted molar refractivity (Wildman–Crippen MR) is 95.5 cm³/mol. The second-order valence-electron chi connectivity index (χ2n) is 4.61.